The van der Waals surface area contributed by atoms with Crippen molar-refractivity contribution in [1.82, 2.24) is 14.8 Å². The van der Waals surface area contributed by atoms with Crippen LogP contribution < -0.4 is 10.1 Å². The van der Waals surface area contributed by atoms with Gasteiger partial charge in [-0.3, -0.25) is 4.79 Å². The van der Waals surface area contributed by atoms with Crippen LogP contribution in [0, 0.1) is 13.8 Å². The number of benzene rings is 2. The molecule has 3 aromatic rings. The average Bonchev–Trinajstić information content (AvgIpc) is 3.21. The van der Waals surface area contributed by atoms with Crippen molar-refractivity contribution < 1.29 is 28.6 Å². The van der Waals surface area contributed by atoms with Crippen LogP contribution in [0.1, 0.15) is 37.7 Å². The number of aryl methyl sites for hydroxylation is 2. The van der Waals surface area contributed by atoms with Gasteiger partial charge in [-0.2, -0.15) is 0 Å². The quantitative estimate of drug-likeness (QED) is 0.350. The van der Waals surface area contributed by atoms with E-state index in [9.17, 15) is 14.4 Å². The second kappa shape index (κ2) is 11.5. The minimum Gasteiger partial charge on any atom is -0.486 e. The molecule has 1 amide bonds. The van der Waals surface area contributed by atoms with Crippen molar-refractivity contribution in [3.8, 4) is 5.75 Å². The van der Waals surface area contributed by atoms with Gasteiger partial charge in [0.05, 0.1) is 31.1 Å². The SMILES string of the molecule is COC(=O)c1cc(NC(=O)CSc2nnc(COc3ccc(C)c(C)c3)n2C)cc(C(=O)OC)c1. The summed E-state index contributed by atoms with van der Waals surface area (Å²) < 4.78 is 17.0. The predicted octanol–water partition coefficient (Wildman–Crippen LogP) is 3.31. The number of rotatable bonds is 9. The van der Waals surface area contributed by atoms with Crippen LogP contribution in [0.4, 0.5) is 5.69 Å². The van der Waals surface area contributed by atoms with Crippen molar-refractivity contribution in [3.05, 3.63) is 64.5 Å². The standard InChI is InChI=1S/C24H26N4O6S/c1-14-6-7-19(8-15(14)2)34-12-20-26-27-24(28(20)3)35-13-21(29)25-18-10-16(22(30)32-4)9-17(11-18)23(31)33-5/h6-11H,12-13H2,1-5H3,(H,25,29). The van der Waals surface area contributed by atoms with Crippen molar-refractivity contribution >= 4 is 35.3 Å². The maximum Gasteiger partial charge on any atom is 0.337 e. The highest BCUT2D eigenvalue weighted by atomic mass is 32.2. The second-order valence-corrected chi connectivity index (χ2v) is 8.55. The maximum atomic E-state index is 12.5. The summed E-state index contributed by atoms with van der Waals surface area (Å²) in [5.41, 5.74) is 2.81. The number of carbonyl (C=O) groups is 3. The van der Waals surface area contributed by atoms with Crippen LogP contribution >= 0.6 is 11.8 Å². The molecule has 1 aromatic heterocycles. The Kier molecular flexibility index (Phi) is 8.48. The normalized spacial score (nSPS) is 10.5. The third-order valence-electron chi connectivity index (χ3n) is 5.16. The fourth-order valence-electron chi connectivity index (χ4n) is 3.05. The zero-order valence-corrected chi connectivity index (χ0v) is 20.9. The minimum absolute atomic E-state index is 0.0278. The molecule has 184 valence electrons. The number of nitrogens with zero attached hydrogens (tertiary/aromatic N) is 3. The molecule has 1 heterocycles. The lowest BCUT2D eigenvalue weighted by molar-refractivity contribution is -0.113. The summed E-state index contributed by atoms with van der Waals surface area (Å²) in [6, 6.07) is 10.0. The molecule has 2 aromatic carbocycles. The molecule has 0 fully saturated rings. The van der Waals surface area contributed by atoms with Crippen LogP contribution in [0.15, 0.2) is 41.6 Å². The Morgan fingerprint density at radius 3 is 2.20 bits per heavy atom. The number of hydrogen-bond donors (Lipinski definition) is 1. The Morgan fingerprint density at radius 1 is 0.943 bits per heavy atom. The van der Waals surface area contributed by atoms with Crippen LogP contribution in [0.25, 0.3) is 0 Å². The summed E-state index contributed by atoms with van der Waals surface area (Å²) in [7, 11) is 4.25. The van der Waals surface area contributed by atoms with Crippen molar-refractivity contribution in [1.29, 1.82) is 0 Å². The lowest BCUT2D eigenvalue weighted by atomic mass is 10.1. The summed E-state index contributed by atoms with van der Waals surface area (Å²) in [5.74, 6) is -0.265. The molecule has 0 bridgehead atoms. The summed E-state index contributed by atoms with van der Waals surface area (Å²) in [6.07, 6.45) is 0. The van der Waals surface area contributed by atoms with Crippen LogP contribution in [0.3, 0.4) is 0 Å². The molecular formula is C24H26N4O6S. The molecule has 0 unspecified atom stereocenters. The van der Waals surface area contributed by atoms with E-state index in [4.69, 9.17) is 14.2 Å². The van der Waals surface area contributed by atoms with E-state index in [1.807, 2.05) is 32.0 Å². The van der Waals surface area contributed by atoms with Crippen LogP contribution in [0.2, 0.25) is 0 Å². The number of aromatic nitrogens is 3. The molecule has 10 nitrogen and oxygen atoms in total. The largest absolute Gasteiger partial charge is 0.486 e. The van der Waals surface area contributed by atoms with E-state index in [1.54, 1.807) is 11.6 Å². The van der Waals surface area contributed by atoms with Crippen molar-refractivity contribution in [2.75, 3.05) is 25.3 Å². The van der Waals surface area contributed by atoms with Gasteiger partial charge in [-0.25, -0.2) is 9.59 Å². The van der Waals surface area contributed by atoms with Gasteiger partial charge in [-0.1, -0.05) is 17.8 Å². The molecule has 0 saturated heterocycles. The van der Waals surface area contributed by atoms with Crippen molar-refractivity contribution in [2.24, 2.45) is 7.05 Å². The number of ether oxygens (including phenoxy) is 3. The van der Waals surface area contributed by atoms with Crippen molar-refractivity contribution in [3.63, 3.8) is 0 Å². The lowest BCUT2D eigenvalue weighted by Gasteiger charge is -2.10. The number of anilines is 1. The summed E-state index contributed by atoms with van der Waals surface area (Å²) >= 11 is 1.19. The monoisotopic (exact) mass is 498 g/mol. The molecule has 0 spiro atoms. The zero-order chi connectivity index (χ0) is 25.5. The summed E-state index contributed by atoms with van der Waals surface area (Å²) in [5, 5.41) is 11.5. The van der Waals surface area contributed by atoms with Gasteiger partial charge in [0.1, 0.15) is 12.4 Å². The molecule has 0 aliphatic carbocycles. The Balaban J connectivity index is 1.62. The first-order valence-electron chi connectivity index (χ1n) is 10.5. The number of thioether (sulfide) groups is 1. The first kappa shape index (κ1) is 25.8. The Hall–Kier alpha value is -3.86. The van der Waals surface area contributed by atoms with Gasteiger partial charge in [0.25, 0.3) is 0 Å². The van der Waals surface area contributed by atoms with E-state index in [0.717, 1.165) is 11.3 Å². The second-order valence-electron chi connectivity index (χ2n) is 7.61. The highest BCUT2D eigenvalue weighted by Gasteiger charge is 2.16. The average molecular weight is 499 g/mol. The van der Waals surface area contributed by atoms with E-state index in [-0.39, 0.29) is 35.1 Å². The lowest BCUT2D eigenvalue weighted by Crippen LogP contribution is -2.16. The molecule has 0 aliphatic rings. The van der Waals surface area contributed by atoms with Gasteiger partial charge in [-0.15, -0.1) is 10.2 Å². The highest BCUT2D eigenvalue weighted by Crippen LogP contribution is 2.21. The molecule has 3 rings (SSSR count). The van der Waals surface area contributed by atoms with Gasteiger partial charge in [0.2, 0.25) is 5.91 Å². The zero-order valence-electron chi connectivity index (χ0n) is 20.1. The third kappa shape index (κ3) is 6.60. The molecule has 0 radical (unpaired) electrons. The minimum atomic E-state index is -0.643. The fraction of sp³-hybridized carbons (Fsp3) is 0.292. The molecule has 0 atom stereocenters. The molecular weight excluding hydrogens is 472 g/mol. The smallest absolute Gasteiger partial charge is 0.337 e. The van der Waals surface area contributed by atoms with Crippen LogP contribution in [-0.2, 0) is 27.9 Å². The van der Waals surface area contributed by atoms with E-state index < -0.39 is 11.9 Å². The van der Waals surface area contributed by atoms with Crippen LogP contribution in [0.5, 0.6) is 5.75 Å². The molecule has 35 heavy (non-hydrogen) atoms. The Morgan fingerprint density at radius 2 is 1.60 bits per heavy atom. The third-order valence-corrected chi connectivity index (χ3v) is 6.18. The summed E-state index contributed by atoms with van der Waals surface area (Å²) in [6.45, 7) is 4.29. The first-order valence-corrected chi connectivity index (χ1v) is 11.5. The van der Waals surface area contributed by atoms with Gasteiger partial charge in [0, 0.05) is 12.7 Å². The number of nitrogens with one attached hydrogen (secondary N) is 1. The topological polar surface area (TPSA) is 122 Å². The Bertz CT molecular complexity index is 1220. The van der Waals surface area contributed by atoms with Crippen LogP contribution in [-0.4, -0.2) is 52.6 Å². The van der Waals surface area contributed by atoms with E-state index in [2.05, 4.69) is 15.5 Å². The number of methoxy groups -OCH3 is 2. The van der Waals surface area contributed by atoms with Gasteiger partial charge < -0.3 is 24.1 Å². The molecule has 0 saturated carbocycles. The number of esters is 2. The molecule has 1 N–H and O–H groups in total. The molecule has 11 heteroatoms. The van der Waals surface area contributed by atoms with E-state index >= 15 is 0 Å². The number of carbonyl (C=O) groups excluding carboxylic acids is 3. The maximum absolute atomic E-state index is 12.5. The van der Waals surface area contributed by atoms with E-state index in [1.165, 1.54) is 49.7 Å². The summed E-state index contributed by atoms with van der Waals surface area (Å²) in [4.78, 5) is 36.4. The highest BCUT2D eigenvalue weighted by molar-refractivity contribution is 7.99. The Labute approximate surface area is 207 Å². The van der Waals surface area contributed by atoms with Gasteiger partial charge in [0.15, 0.2) is 11.0 Å². The number of hydrogen-bond acceptors (Lipinski definition) is 9. The first-order chi connectivity index (χ1) is 16.7. The predicted molar refractivity (Wildman–Crippen MR) is 130 cm³/mol. The van der Waals surface area contributed by atoms with Crippen molar-refractivity contribution in [2.45, 2.75) is 25.6 Å². The number of amides is 1. The van der Waals surface area contributed by atoms with Gasteiger partial charge >= 0.3 is 11.9 Å². The fourth-order valence-corrected chi connectivity index (χ4v) is 3.78. The van der Waals surface area contributed by atoms with Gasteiger partial charge in [-0.05, 0) is 55.3 Å². The van der Waals surface area contributed by atoms with E-state index in [0.29, 0.717) is 11.0 Å². The molecule has 0 aliphatic heterocycles.